The minimum absolute atomic E-state index is 0.261. The van der Waals surface area contributed by atoms with Crippen molar-refractivity contribution in [2.45, 2.75) is 25.8 Å². The summed E-state index contributed by atoms with van der Waals surface area (Å²) in [6, 6.07) is 12.2. The third-order valence-electron chi connectivity index (χ3n) is 4.22. The van der Waals surface area contributed by atoms with Crippen molar-refractivity contribution in [3.05, 3.63) is 54.4 Å². The summed E-state index contributed by atoms with van der Waals surface area (Å²) in [5.41, 5.74) is 2.13. The van der Waals surface area contributed by atoms with Crippen LogP contribution < -0.4 is 15.5 Å². The van der Waals surface area contributed by atoms with Crippen LogP contribution in [-0.4, -0.2) is 35.9 Å². The molecular formula is C19H22N4O2. The molecule has 2 heterocycles. The summed E-state index contributed by atoms with van der Waals surface area (Å²) >= 11 is 0. The number of carbonyl (C=O) groups is 2. The Hall–Kier alpha value is -2.89. The highest BCUT2D eigenvalue weighted by Crippen LogP contribution is 2.23. The van der Waals surface area contributed by atoms with Crippen molar-refractivity contribution in [3.8, 4) is 0 Å². The lowest BCUT2D eigenvalue weighted by Gasteiger charge is -2.19. The first-order chi connectivity index (χ1) is 12.1. The van der Waals surface area contributed by atoms with Crippen LogP contribution in [0, 0.1) is 0 Å². The van der Waals surface area contributed by atoms with Crippen molar-refractivity contribution in [3.63, 3.8) is 0 Å². The lowest BCUT2D eigenvalue weighted by Crippen LogP contribution is -2.41. The minimum atomic E-state index is -0.662. The number of pyridine rings is 1. The smallest absolute Gasteiger partial charge is 0.270 e. The second-order valence-corrected chi connectivity index (χ2v) is 6.14. The van der Waals surface area contributed by atoms with E-state index in [0.29, 0.717) is 0 Å². The molecule has 2 N–H and O–H groups in total. The van der Waals surface area contributed by atoms with Crippen LogP contribution in [0.25, 0.3) is 0 Å². The van der Waals surface area contributed by atoms with Gasteiger partial charge in [-0.25, -0.2) is 0 Å². The Bertz CT molecular complexity index is 742. The van der Waals surface area contributed by atoms with Gasteiger partial charge in [-0.3, -0.25) is 14.6 Å². The number of benzene rings is 1. The molecule has 130 valence electrons. The fourth-order valence-corrected chi connectivity index (χ4v) is 2.84. The maximum atomic E-state index is 12.4. The molecule has 1 aliphatic rings. The average molecular weight is 338 g/mol. The molecule has 1 atom stereocenters. The first-order valence-corrected chi connectivity index (χ1v) is 8.51. The molecule has 0 bridgehead atoms. The second kappa shape index (κ2) is 7.79. The summed E-state index contributed by atoms with van der Waals surface area (Å²) in [6.45, 7) is 3.75. The molecule has 1 aliphatic heterocycles. The summed E-state index contributed by atoms with van der Waals surface area (Å²) in [6.07, 6.45) is 3.95. The van der Waals surface area contributed by atoms with Crippen molar-refractivity contribution in [2.75, 3.05) is 23.3 Å². The highest BCUT2D eigenvalue weighted by atomic mass is 16.2. The van der Waals surface area contributed by atoms with Gasteiger partial charge in [-0.15, -0.1) is 0 Å². The quantitative estimate of drug-likeness (QED) is 0.878. The lowest BCUT2D eigenvalue weighted by atomic mass is 10.2. The highest BCUT2D eigenvalue weighted by Gasteiger charge is 2.18. The van der Waals surface area contributed by atoms with Crippen molar-refractivity contribution < 1.29 is 9.59 Å². The molecule has 6 nitrogen and oxygen atoms in total. The van der Waals surface area contributed by atoms with Crippen LogP contribution in [0.1, 0.15) is 30.3 Å². The van der Waals surface area contributed by atoms with Crippen molar-refractivity contribution in [2.24, 2.45) is 0 Å². The Morgan fingerprint density at radius 2 is 1.92 bits per heavy atom. The first-order valence-electron chi connectivity index (χ1n) is 8.51. The molecule has 3 rings (SSSR count). The van der Waals surface area contributed by atoms with Crippen LogP contribution in [0.4, 0.5) is 11.4 Å². The molecule has 6 heteroatoms. The van der Waals surface area contributed by atoms with E-state index in [-0.39, 0.29) is 17.5 Å². The molecule has 1 aromatic heterocycles. The molecule has 0 radical (unpaired) electrons. The maximum Gasteiger partial charge on any atom is 0.270 e. The first kappa shape index (κ1) is 17.0. The zero-order chi connectivity index (χ0) is 17.6. The van der Waals surface area contributed by atoms with Crippen LogP contribution in [0.5, 0.6) is 0 Å². The molecule has 2 aromatic rings. The number of nitrogens with zero attached hydrogens (tertiary/aromatic N) is 2. The van der Waals surface area contributed by atoms with Crippen LogP contribution in [0.3, 0.4) is 0 Å². The zero-order valence-corrected chi connectivity index (χ0v) is 14.2. The fraction of sp³-hybridized carbons (Fsp3) is 0.316. The Balaban J connectivity index is 1.59. The number of rotatable bonds is 5. The molecule has 1 fully saturated rings. The Morgan fingerprint density at radius 3 is 2.64 bits per heavy atom. The predicted molar refractivity (Wildman–Crippen MR) is 97.7 cm³/mol. The zero-order valence-electron chi connectivity index (χ0n) is 14.2. The highest BCUT2D eigenvalue weighted by molar-refractivity contribution is 6.00. The van der Waals surface area contributed by atoms with Crippen LogP contribution in [-0.2, 0) is 4.79 Å². The van der Waals surface area contributed by atoms with Crippen molar-refractivity contribution in [1.29, 1.82) is 0 Å². The number of aromatic nitrogens is 1. The summed E-state index contributed by atoms with van der Waals surface area (Å²) in [5, 5.41) is 5.52. The molecule has 25 heavy (non-hydrogen) atoms. The standard InChI is InChI=1S/C19H22N4O2/c1-14(21-19(25)17-9-2-3-10-20-17)18(24)22-15-7-6-8-16(13-15)23-11-4-5-12-23/h2-3,6-10,13-14H,4-5,11-12H2,1H3,(H,21,25)(H,22,24). The van der Waals surface area contributed by atoms with E-state index in [2.05, 4.69) is 20.5 Å². The molecule has 1 saturated heterocycles. The molecule has 1 aromatic carbocycles. The summed E-state index contributed by atoms with van der Waals surface area (Å²) in [5.74, 6) is -0.628. The van der Waals surface area contributed by atoms with E-state index in [9.17, 15) is 9.59 Å². The van der Waals surface area contributed by atoms with E-state index in [1.54, 1.807) is 31.3 Å². The molecule has 1 unspecified atom stereocenters. The fourth-order valence-electron chi connectivity index (χ4n) is 2.84. The van der Waals surface area contributed by atoms with E-state index >= 15 is 0 Å². The van der Waals surface area contributed by atoms with Crippen molar-refractivity contribution in [1.82, 2.24) is 10.3 Å². The Kier molecular flexibility index (Phi) is 5.28. The van der Waals surface area contributed by atoms with Gasteiger partial charge < -0.3 is 15.5 Å². The Morgan fingerprint density at radius 1 is 1.12 bits per heavy atom. The van der Waals surface area contributed by atoms with E-state index < -0.39 is 6.04 Å². The number of nitrogens with one attached hydrogen (secondary N) is 2. The van der Waals surface area contributed by atoms with Gasteiger partial charge in [0.05, 0.1) is 0 Å². The van der Waals surface area contributed by atoms with Gasteiger partial charge in [-0.05, 0) is 50.1 Å². The number of hydrogen-bond acceptors (Lipinski definition) is 4. The van der Waals surface area contributed by atoms with E-state index in [0.717, 1.165) is 24.5 Å². The van der Waals surface area contributed by atoms with Gasteiger partial charge in [0.25, 0.3) is 5.91 Å². The molecule has 0 saturated carbocycles. The van der Waals surface area contributed by atoms with Crippen molar-refractivity contribution >= 4 is 23.2 Å². The monoisotopic (exact) mass is 338 g/mol. The molecular weight excluding hydrogens is 316 g/mol. The van der Waals surface area contributed by atoms with Gasteiger partial charge >= 0.3 is 0 Å². The summed E-state index contributed by atoms with van der Waals surface area (Å²) in [4.78, 5) is 30.7. The Labute approximate surface area is 147 Å². The largest absolute Gasteiger partial charge is 0.371 e. The molecule has 0 spiro atoms. The van der Waals surface area contributed by atoms with E-state index in [1.807, 2.05) is 24.3 Å². The SMILES string of the molecule is CC(NC(=O)c1ccccn1)C(=O)Nc1cccc(N2CCCC2)c1. The van der Waals surface area contributed by atoms with Crippen LogP contribution in [0.2, 0.25) is 0 Å². The number of carbonyl (C=O) groups excluding carboxylic acids is 2. The third-order valence-corrected chi connectivity index (χ3v) is 4.22. The van der Waals surface area contributed by atoms with E-state index in [1.165, 1.54) is 12.8 Å². The molecule has 0 aliphatic carbocycles. The minimum Gasteiger partial charge on any atom is -0.371 e. The normalized spacial score (nSPS) is 14.8. The van der Waals surface area contributed by atoms with Gasteiger partial charge in [-0.1, -0.05) is 12.1 Å². The number of anilines is 2. The number of hydrogen-bond donors (Lipinski definition) is 2. The third kappa shape index (κ3) is 4.35. The van der Waals surface area contributed by atoms with E-state index in [4.69, 9.17) is 0 Å². The summed E-state index contributed by atoms with van der Waals surface area (Å²) in [7, 11) is 0. The maximum absolute atomic E-state index is 12.4. The predicted octanol–water partition coefficient (Wildman–Crippen LogP) is 2.44. The average Bonchev–Trinajstić information content (AvgIpc) is 3.17. The van der Waals surface area contributed by atoms with Gasteiger partial charge in [0.15, 0.2) is 0 Å². The number of amides is 2. The van der Waals surface area contributed by atoms with Gasteiger partial charge in [0.2, 0.25) is 5.91 Å². The topological polar surface area (TPSA) is 74.3 Å². The van der Waals surface area contributed by atoms with Gasteiger partial charge in [0.1, 0.15) is 11.7 Å². The van der Waals surface area contributed by atoms with Gasteiger partial charge in [-0.2, -0.15) is 0 Å². The second-order valence-electron chi connectivity index (χ2n) is 6.14. The lowest BCUT2D eigenvalue weighted by molar-refractivity contribution is -0.117. The van der Waals surface area contributed by atoms with Crippen LogP contribution in [0.15, 0.2) is 48.7 Å². The van der Waals surface area contributed by atoms with Crippen LogP contribution >= 0.6 is 0 Å². The molecule has 2 amide bonds. The van der Waals surface area contributed by atoms with Gasteiger partial charge in [0, 0.05) is 30.7 Å². The summed E-state index contributed by atoms with van der Waals surface area (Å²) < 4.78 is 0.